The Morgan fingerprint density at radius 3 is 2.36 bits per heavy atom. The summed E-state index contributed by atoms with van der Waals surface area (Å²) < 4.78 is 19.0. The second kappa shape index (κ2) is 8.63. The highest BCUT2D eigenvalue weighted by Crippen LogP contribution is 2.13. The van der Waals surface area contributed by atoms with Crippen LogP contribution in [-0.2, 0) is 16.0 Å². The predicted molar refractivity (Wildman–Crippen MR) is 91.8 cm³/mol. The van der Waals surface area contributed by atoms with Crippen molar-refractivity contribution < 1.29 is 23.8 Å². The van der Waals surface area contributed by atoms with Gasteiger partial charge in [0.15, 0.2) is 5.83 Å². The topological polar surface area (TPSA) is 75.6 Å². The van der Waals surface area contributed by atoms with Crippen molar-refractivity contribution in [3.63, 3.8) is 0 Å². The zero-order chi connectivity index (χ0) is 18.2. The van der Waals surface area contributed by atoms with Crippen molar-refractivity contribution in [3.8, 4) is 5.75 Å². The number of benzene rings is 2. The zero-order valence-electron chi connectivity index (χ0n) is 13.6. The summed E-state index contributed by atoms with van der Waals surface area (Å²) >= 11 is 0. The summed E-state index contributed by atoms with van der Waals surface area (Å²) in [6.45, 7) is 0. The second-order valence-corrected chi connectivity index (χ2v) is 5.32. The fourth-order valence-electron chi connectivity index (χ4n) is 2.19. The van der Waals surface area contributed by atoms with E-state index < -0.39 is 23.7 Å². The Morgan fingerprint density at radius 2 is 1.80 bits per heavy atom. The number of nitrogens with one attached hydrogen (secondary N) is 1. The molecule has 0 saturated heterocycles. The van der Waals surface area contributed by atoms with E-state index in [4.69, 9.17) is 4.74 Å². The molecule has 0 bridgehead atoms. The Morgan fingerprint density at radius 1 is 1.16 bits per heavy atom. The molecule has 0 spiro atoms. The third kappa shape index (κ3) is 5.46. The number of carbonyl (C=O) groups excluding carboxylic acids is 1. The van der Waals surface area contributed by atoms with Crippen LogP contribution in [-0.4, -0.2) is 30.1 Å². The van der Waals surface area contributed by atoms with Gasteiger partial charge in [-0.1, -0.05) is 42.5 Å². The summed E-state index contributed by atoms with van der Waals surface area (Å²) in [7, 11) is 1.52. The average Bonchev–Trinajstić information content (AvgIpc) is 2.62. The van der Waals surface area contributed by atoms with Crippen LogP contribution in [0.15, 0.2) is 60.4 Å². The van der Waals surface area contributed by atoms with Gasteiger partial charge in [-0.05, 0) is 29.3 Å². The second-order valence-electron chi connectivity index (χ2n) is 5.32. The first-order valence-electron chi connectivity index (χ1n) is 7.58. The number of hydrogen-bond donors (Lipinski definition) is 2. The SMILES string of the molecule is COc1ccc(C[C@H](NC(=O)C(F)=Cc2ccccc2)C(=O)O)cc1. The van der Waals surface area contributed by atoms with E-state index in [0.29, 0.717) is 16.9 Å². The van der Waals surface area contributed by atoms with Crippen LogP contribution in [0.4, 0.5) is 4.39 Å². The summed E-state index contributed by atoms with van der Waals surface area (Å²) in [5, 5.41) is 11.5. The van der Waals surface area contributed by atoms with E-state index in [9.17, 15) is 19.1 Å². The van der Waals surface area contributed by atoms with Crippen LogP contribution in [0.2, 0.25) is 0 Å². The van der Waals surface area contributed by atoms with Gasteiger partial charge in [-0.15, -0.1) is 0 Å². The van der Waals surface area contributed by atoms with Crippen molar-refractivity contribution in [1.29, 1.82) is 0 Å². The van der Waals surface area contributed by atoms with Gasteiger partial charge in [0.25, 0.3) is 5.91 Å². The molecular weight excluding hydrogens is 325 g/mol. The molecule has 2 rings (SSSR count). The number of carboxylic acid groups (broad SMARTS) is 1. The summed E-state index contributed by atoms with van der Waals surface area (Å²) in [4.78, 5) is 23.3. The Bertz CT molecular complexity index is 757. The molecule has 0 radical (unpaired) electrons. The lowest BCUT2D eigenvalue weighted by Gasteiger charge is -2.14. The van der Waals surface area contributed by atoms with Gasteiger partial charge in [0.1, 0.15) is 11.8 Å². The van der Waals surface area contributed by atoms with Gasteiger partial charge >= 0.3 is 5.97 Å². The molecule has 1 amide bonds. The highest BCUT2D eigenvalue weighted by atomic mass is 19.1. The molecule has 5 nitrogen and oxygen atoms in total. The molecule has 0 fully saturated rings. The number of ether oxygens (including phenoxy) is 1. The molecule has 0 heterocycles. The van der Waals surface area contributed by atoms with E-state index in [2.05, 4.69) is 5.32 Å². The summed E-state index contributed by atoms with van der Waals surface area (Å²) in [5.74, 6) is -2.72. The molecule has 25 heavy (non-hydrogen) atoms. The van der Waals surface area contributed by atoms with E-state index in [-0.39, 0.29) is 6.42 Å². The normalized spacial score (nSPS) is 12.3. The van der Waals surface area contributed by atoms with Crippen molar-refractivity contribution in [1.82, 2.24) is 5.32 Å². The molecule has 2 aromatic carbocycles. The minimum atomic E-state index is -1.24. The lowest BCUT2D eigenvalue weighted by Crippen LogP contribution is -2.42. The largest absolute Gasteiger partial charge is 0.497 e. The fraction of sp³-hybridized carbons (Fsp3) is 0.158. The minimum Gasteiger partial charge on any atom is -0.497 e. The molecule has 2 aromatic rings. The van der Waals surface area contributed by atoms with Crippen molar-refractivity contribution in [3.05, 3.63) is 71.6 Å². The van der Waals surface area contributed by atoms with Gasteiger partial charge < -0.3 is 15.2 Å². The molecule has 0 unspecified atom stereocenters. The number of hydrogen-bond acceptors (Lipinski definition) is 3. The average molecular weight is 343 g/mol. The smallest absolute Gasteiger partial charge is 0.326 e. The van der Waals surface area contributed by atoms with Gasteiger partial charge in [-0.2, -0.15) is 0 Å². The highest BCUT2D eigenvalue weighted by Gasteiger charge is 2.22. The lowest BCUT2D eigenvalue weighted by atomic mass is 10.1. The third-order valence-electron chi connectivity index (χ3n) is 3.51. The van der Waals surface area contributed by atoms with Crippen LogP contribution in [0.25, 0.3) is 6.08 Å². The zero-order valence-corrected chi connectivity index (χ0v) is 13.6. The highest BCUT2D eigenvalue weighted by molar-refractivity contribution is 5.97. The number of methoxy groups -OCH3 is 1. The molecule has 2 N–H and O–H groups in total. The molecule has 0 aliphatic carbocycles. The number of halogens is 1. The monoisotopic (exact) mass is 343 g/mol. The van der Waals surface area contributed by atoms with Crippen molar-refractivity contribution in [2.24, 2.45) is 0 Å². The van der Waals surface area contributed by atoms with Crippen LogP contribution in [0.1, 0.15) is 11.1 Å². The number of rotatable bonds is 7. The summed E-state index contributed by atoms with van der Waals surface area (Å²) in [6, 6.07) is 14.0. The standard InChI is InChI=1S/C19H18FNO4/c1-25-15-9-7-14(8-10-15)12-17(19(23)24)21-18(22)16(20)11-13-5-3-2-4-6-13/h2-11,17H,12H2,1H3,(H,21,22)(H,23,24)/t17-/m0/s1. The van der Waals surface area contributed by atoms with Crippen molar-refractivity contribution in [2.75, 3.05) is 7.11 Å². The third-order valence-corrected chi connectivity index (χ3v) is 3.51. The van der Waals surface area contributed by atoms with Crippen LogP contribution < -0.4 is 10.1 Å². The van der Waals surface area contributed by atoms with Crippen LogP contribution in [0, 0.1) is 0 Å². The molecular formula is C19H18FNO4. The predicted octanol–water partition coefficient (Wildman–Crippen LogP) is 2.82. The van der Waals surface area contributed by atoms with Crippen molar-refractivity contribution in [2.45, 2.75) is 12.5 Å². The molecule has 0 aliphatic rings. The Kier molecular flexibility index (Phi) is 6.28. The minimum absolute atomic E-state index is 0.0314. The van der Waals surface area contributed by atoms with Gasteiger partial charge in [0, 0.05) is 6.42 Å². The molecule has 0 aromatic heterocycles. The Labute approximate surface area is 144 Å². The van der Waals surface area contributed by atoms with Crippen molar-refractivity contribution >= 4 is 18.0 Å². The first kappa shape index (κ1) is 18.2. The van der Waals surface area contributed by atoms with E-state index in [1.807, 2.05) is 0 Å². The number of carbonyl (C=O) groups is 2. The van der Waals surface area contributed by atoms with Gasteiger partial charge in [0.05, 0.1) is 7.11 Å². The quantitative estimate of drug-likeness (QED) is 0.758. The Balaban J connectivity index is 2.06. The van der Waals surface area contributed by atoms with Gasteiger partial charge in [-0.25, -0.2) is 9.18 Å². The maximum absolute atomic E-state index is 14.0. The van der Waals surface area contributed by atoms with Crippen LogP contribution in [0.3, 0.4) is 0 Å². The van der Waals surface area contributed by atoms with Gasteiger partial charge in [0.2, 0.25) is 0 Å². The first-order chi connectivity index (χ1) is 12.0. The lowest BCUT2D eigenvalue weighted by molar-refractivity contribution is -0.141. The van der Waals surface area contributed by atoms with E-state index in [1.54, 1.807) is 54.6 Å². The summed E-state index contributed by atoms with van der Waals surface area (Å²) in [5.41, 5.74) is 1.19. The number of amides is 1. The first-order valence-corrected chi connectivity index (χ1v) is 7.58. The van der Waals surface area contributed by atoms with E-state index in [1.165, 1.54) is 7.11 Å². The van der Waals surface area contributed by atoms with Crippen LogP contribution >= 0.6 is 0 Å². The summed E-state index contributed by atoms with van der Waals surface area (Å²) in [6.07, 6.45) is 1.09. The molecule has 0 aliphatic heterocycles. The van der Waals surface area contributed by atoms with E-state index in [0.717, 1.165) is 6.08 Å². The molecule has 6 heteroatoms. The fourth-order valence-corrected chi connectivity index (χ4v) is 2.19. The molecule has 1 atom stereocenters. The van der Waals surface area contributed by atoms with Gasteiger partial charge in [-0.3, -0.25) is 4.79 Å². The Hall–Kier alpha value is -3.15. The molecule has 0 saturated carbocycles. The van der Waals surface area contributed by atoms with Crippen LogP contribution in [0.5, 0.6) is 5.75 Å². The number of aliphatic carboxylic acids is 1. The maximum atomic E-state index is 14.0. The maximum Gasteiger partial charge on any atom is 0.326 e. The number of carboxylic acids is 1. The van der Waals surface area contributed by atoms with E-state index >= 15 is 0 Å². The molecule has 130 valence electrons.